The number of esters is 1. The molecule has 0 aliphatic rings. The van der Waals surface area contributed by atoms with E-state index in [0.29, 0.717) is 27.8 Å². The first-order valence-corrected chi connectivity index (χ1v) is 7.70. The predicted octanol–water partition coefficient (Wildman–Crippen LogP) is 2.73. The normalized spacial score (nSPS) is 10.3. The molecule has 1 aromatic heterocycles. The van der Waals surface area contributed by atoms with E-state index < -0.39 is 18.5 Å². The minimum absolute atomic E-state index is 0.0651. The second kappa shape index (κ2) is 7.40. The van der Waals surface area contributed by atoms with Crippen LogP contribution in [0.25, 0.3) is 11.0 Å². The molecule has 0 saturated heterocycles. The lowest BCUT2D eigenvalue weighted by Crippen LogP contribution is -2.22. The molecule has 1 heterocycles. The molecule has 3 rings (SSSR count). The summed E-state index contributed by atoms with van der Waals surface area (Å²) in [6.45, 7) is -0.463. The Bertz CT molecular complexity index is 1020. The molecule has 0 fully saturated rings. The number of aromatic hydroxyl groups is 1. The van der Waals surface area contributed by atoms with Gasteiger partial charge in [0, 0.05) is 17.0 Å². The summed E-state index contributed by atoms with van der Waals surface area (Å²) in [5.74, 6) is -1.07. The first-order chi connectivity index (χ1) is 12.6. The Balaban J connectivity index is 1.56. The van der Waals surface area contributed by atoms with Gasteiger partial charge in [-0.15, -0.1) is 0 Å². The smallest absolute Gasteiger partial charge is 0.310 e. The second-order valence-corrected chi connectivity index (χ2v) is 5.48. The van der Waals surface area contributed by atoms with Crippen LogP contribution in [0.3, 0.4) is 0 Å². The fourth-order valence-electron chi connectivity index (χ4n) is 2.44. The maximum absolute atomic E-state index is 12.0. The Morgan fingerprint density at radius 1 is 1.23 bits per heavy atom. The number of hydrogen-bond acceptors (Lipinski definition) is 6. The number of benzene rings is 2. The summed E-state index contributed by atoms with van der Waals surface area (Å²) in [7, 11) is 0. The van der Waals surface area contributed by atoms with Crippen LogP contribution in [0, 0.1) is 11.3 Å². The Morgan fingerprint density at radius 2 is 2.04 bits per heavy atom. The molecule has 26 heavy (non-hydrogen) atoms. The summed E-state index contributed by atoms with van der Waals surface area (Å²) in [6, 6.07) is 13.1. The van der Waals surface area contributed by atoms with Gasteiger partial charge in [-0.2, -0.15) is 5.26 Å². The van der Waals surface area contributed by atoms with Gasteiger partial charge in [0.15, 0.2) is 6.61 Å². The quantitative estimate of drug-likeness (QED) is 0.684. The standard InChI is InChI=1S/C19H14N2O5/c20-9-12-3-1-2-4-16(12)21-18(23)11-26-19(24)7-13-10-25-17-8-14(22)5-6-15(13)17/h1-6,8,10,22H,7,11H2,(H,21,23). The summed E-state index contributed by atoms with van der Waals surface area (Å²) in [6.07, 6.45) is 1.34. The zero-order valence-corrected chi connectivity index (χ0v) is 13.6. The monoisotopic (exact) mass is 350 g/mol. The maximum Gasteiger partial charge on any atom is 0.310 e. The van der Waals surface area contributed by atoms with E-state index in [-0.39, 0.29) is 12.2 Å². The lowest BCUT2D eigenvalue weighted by molar-refractivity contribution is -0.146. The van der Waals surface area contributed by atoms with Crippen molar-refractivity contribution in [3.05, 3.63) is 59.9 Å². The minimum Gasteiger partial charge on any atom is -0.508 e. The van der Waals surface area contributed by atoms with Crippen LogP contribution in [-0.4, -0.2) is 23.6 Å². The predicted molar refractivity (Wildman–Crippen MR) is 92.3 cm³/mol. The van der Waals surface area contributed by atoms with E-state index >= 15 is 0 Å². The van der Waals surface area contributed by atoms with Gasteiger partial charge in [0.1, 0.15) is 17.4 Å². The minimum atomic E-state index is -0.593. The maximum atomic E-state index is 12.0. The van der Waals surface area contributed by atoms with Crippen LogP contribution in [0.4, 0.5) is 5.69 Å². The highest BCUT2D eigenvalue weighted by Gasteiger charge is 2.14. The number of phenols is 1. The first-order valence-electron chi connectivity index (χ1n) is 7.70. The van der Waals surface area contributed by atoms with Gasteiger partial charge >= 0.3 is 5.97 Å². The summed E-state index contributed by atoms with van der Waals surface area (Å²) in [5.41, 5.74) is 1.73. The molecule has 1 amide bonds. The van der Waals surface area contributed by atoms with E-state index in [2.05, 4.69) is 5.32 Å². The molecule has 130 valence electrons. The van der Waals surface area contributed by atoms with Crippen LogP contribution in [0.5, 0.6) is 5.75 Å². The molecule has 0 atom stereocenters. The Hall–Kier alpha value is -3.79. The molecule has 7 heteroatoms. The molecule has 7 nitrogen and oxygen atoms in total. The molecule has 0 spiro atoms. The molecule has 0 bridgehead atoms. The number of furan rings is 1. The largest absolute Gasteiger partial charge is 0.508 e. The third-order valence-electron chi connectivity index (χ3n) is 3.66. The number of nitrogens with zero attached hydrogens (tertiary/aromatic N) is 1. The lowest BCUT2D eigenvalue weighted by atomic mass is 10.1. The van der Waals surface area contributed by atoms with Crippen molar-refractivity contribution in [2.75, 3.05) is 11.9 Å². The number of carbonyl (C=O) groups is 2. The third-order valence-corrected chi connectivity index (χ3v) is 3.66. The van der Waals surface area contributed by atoms with Gasteiger partial charge in [-0.25, -0.2) is 0 Å². The number of carbonyl (C=O) groups excluding carboxylic acids is 2. The number of anilines is 1. The number of para-hydroxylation sites is 1. The highest BCUT2D eigenvalue weighted by Crippen LogP contribution is 2.25. The Kier molecular flexibility index (Phi) is 4.85. The van der Waals surface area contributed by atoms with Crippen molar-refractivity contribution in [3.63, 3.8) is 0 Å². The fourth-order valence-corrected chi connectivity index (χ4v) is 2.44. The molecule has 0 radical (unpaired) electrons. The van der Waals surface area contributed by atoms with E-state index in [9.17, 15) is 14.7 Å². The van der Waals surface area contributed by atoms with E-state index in [1.54, 1.807) is 30.3 Å². The van der Waals surface area contributed by atoms with Gasteiger partial charge in [0.2, 0.25) is 0 Å². The number of hydrogen-bond donors (Lipinski definition) is 2. The molecule has 0 unspecified atom stereocenters. The van der Waals surface area contributed by atoms with Gasteiger partial charge in [0.25, 0.3) is 5.91 Å². The summed E-state index contributed by atoms with van der Waals surface area (Å²) < 4.78 is 10.3. The molecule has 0 saturated carbocycles. The summed E-state index contributed by atoms with van der Waals surface area (Å²) >= 11 is 0. The van der Waals surface area contributed by atoms with Crippen LogP contribution in [-0.2, 0) is 20.7 Å². The highest BCUT2D eigenvalue weighted by molar-refractivity contribution is 5.94. The Morgan fingerprint density at radius 3 is 2.85 bits per heavy atom. The van der Waals surface area contributed by atoms with Crippen molar-refractivity contribution in [1.29, 1.82) is 5.26 Å². The van der Waals surface area contributed by atoms with E-state index in [1.807, 2.05) is 6.07 Å². The second-order valence-electron chi connectivity index (χ2n) is 5.48. The molecule has 2 aromatic carbocycles. The van der Waals surface area contributed by atoms with Crippen LogP contribution >= 0.6 is 0 Å². The van der Waals surface area contributed by atoms with Crippen LogP contribution in [0.2, 0.25) is 0 Å². The van der Waals surface area contributed by atoms with E-state index in [4.69, 9.17) is 14.4 Å². The van der Waals surface area contributed by atoms with Crippen molar-refractivity contribution in [2.45, 2.75) is 6.42 Å². The summed E-state index contributed by atoms with van der Waals surface area (Å²) in [4.78, 5) is 23.8. The first kappa shape index (κ1) is 17.0. The number of phenolic OH excluding ortho intramolecular Hbond substituents is 1. The third kappa shape index (κ3) is 3.82. The van der Waals surface area contributed by atoms with Gasteiger partial charge in [-0.05, 0) is 24.3 Å². The van der Waals surface area contributed by atoms with Gasteiger partial charge in [-0.1, -0.05) is 12.1 Å². The van der Waals surface area contributed by atoms with Crippen molar-refractivity contribution in [1.82, 2.24) is 0 Å². The van der Waals surface area contributed by atoms with Crippen molar-refractivity contribution in [3.8, 4) is 11.8 Å². The van der Waals surface area contributed by atoms with Crippen molar-refractivity contribution in [2.24, 2.45) is 0 Å². The van der Waals surface area contributed by atoms with Crippen LogP contribution in [0.1, 0.15) is 11.1 Å². The number of nitrogens with one attached hydrogen (secondary N) is 1. The molecule has 0 aliphatic carbocycles. The zero-order chi connectivity index (χ0) is 18.5. The van der Waals surface area contributed by atoms with Crippen LogP contribution < -0.4 is 5.32 Å². The van der Waals surface area contributed by atoms with E-state index in [1.165, 1.54) is 18.4 Å². The molecule has 2 N–H and O–H groups in total. The average molecular weight is 350 g/mol. The fraction of sp³-hybridized carbons (Fsp3) is 0.105. The summed E-state index contributed by atoms with van der Waals surface area (Å²) in [5, 5.41) is 21.6. The zero-order valence-electron chi connectivity index (χ0n) is 13.6. The molecule has 0 aliphatic heterocycles. The van der Waals surface area contributed by atoms with Gasteiger partial charge in [0.05, 0.1) is 23.9 Å². The highest BCUT2D eigenvalue weighted by atomic mass is 16.5. The SMILES string of the molecule is N#Cc1ccccc1NC(=O)COC(=O)Cc1coc2cc(O)ccc12. The molecule has 3 aromatic rings. The molecular weight excluding hydrogens is 336 g/mol. The topological polar surface area (TPSA) is 113 Å². The van der Waals surface area contributed by atoms with Gasteiger partial charge in [-0.3, -0.25) is 9.59 Å². The number of amides is 1. The number of ether oxygens (including phenoxy) is 1. The Labute approximate surface area is 148 Å². The lowest BCUT2D eigenvalue weighted by Gasteiger charge is -2.07. The average Bonchev–Trinajstić information content (AvgIpc) is 3.02. The van der Waals surface area contributed by atoms with E-state index in [0.717, 1.165) is 0 Å². The van der Waals surface area contributed by atoms with Gasteiger partial charge < -0.3 is 19.6 Å². The number of fused-ring (bicyclic) bond motifs is 1. The van der Waals surface area contributed by atoms with Crippen LogP contribution in [0.15, 0.2) is 53.1 Å². The number of rotatable bonds is 5. The van der Waals surface area contributed by atoms with Crippen molar-refractivity contribution < 1.29 is 23.8 Å². The van der Waals surface area contributed by atoms with Crippen molar-refractivity contribution >= 4 is 28.5 Å². The number of nitriles is 1. The molecular formula is C19H14N2O5.